The van der Waals surface area contributed by atoms with Gasteiger partial charge in [0.05, 0.1) is 16.8 Å². The van der Waals surface area contributed by atoms with Gasteiger partial charge in [0.15, 0.2) is 0 Å². The topological polar surface area (TPSA) is 12.4 Å². The van der Waals surface area contributed by atoms with E-state index in [9.17, 15) is 0 Å². The number of fused-ring (bicyclic) bond motifs is 2. The Morgan fingerprint density at radius 3 is 2.18 bits per heavy atom. The van der Waals surface area contributed by atoms with E-state index in [1.807, 2.05) is 0 Å². The van der Waals surface area contributed by atoms with Gasteiger partial charge in [-0.05, 0) is 80.6 Å². The van der Waals surface area contributed by atoms with Crippen LogP contribution in [0.2, 0.25) is 0 Å². The zero-order valence-electron chi connectivity index (χ0n) is 28.8. The molecule has 0 aromatic heterocycles. The van der Waals surface area contributed by atoms with E-state index in [0.29, 0.717) is 5.92 Å². The summed E-state index contributed by atoms with van der Waals surface area (Å²) in [4.78, 5) is 5.67. The van der Waals surface area contributed by atoms with Crippen LogP contribution in [0.4, 0.5) is 0 Å². The van der Waals surface area contributed by atoms with Crippen molar-refractivity contribution in [2.24, 2.45) is 10.9 Å². The van der Waals surface area contributed by atoms with Gasteiger partial charge in [0.25, 0.3) is 0 Å². The molecule has 0 fully saturated rings. The summed E-state index contributed by atoms with van der Waals surface area (Å²) in [5, 5.41) is 2.40. The van der Waals surface area contributed by atoms with E-state index in [1.165, 1.54) is 49.7 Å². The lowest BCUT2D eigenvalue weighted by Gasteiger charge is -2.45. The Balaban J connectivity index is 1.33. The van der Waals surface area contributed by atoms with Crippen LogP contribution < -0.4 is 0 Å². The van der Waals surface area contributed by atoms with Crippen LogP contribution >= 0.6 is 0 Å². The molecule has 0 radical (unpaired) electrons. The van der Waals surface area contributed by atoms with Crippen molar-refractivity contribution in [3.8, 4) is 0 Å². The third-order valence-electron chi connectivity index (χ3n) is 10.8. The van der Waals surface area contributed by atoms with Crippen molar-refractivity contribution in [2.45, 2.75) is 25.2 Å². The van der Waals surface area contributed by atoms with E-state index in [1.54, 1.807) is 0 Å². The van der Waals surface area contributed by atoms with Crippen molar-refractivity contribution in [3.05, 3.63) is 238 Å². The number of aliphatic imine (C=N–C) groups is 1. The Labute approximate surface area is 301 Å². The predicted molar refractivity (Wildman–Crippen MR) is 215 cm³/mol. The fourth-order valence-electron chi connectivity index (χ4n) is 8.58. The first kappa shape index (κ1) is 31.0. The Kier molecular flexibility index (Phi) is 7.90. The first-order valence-electron chi connectivity index (χ1n) is 18.1. The summed E-state index contributed by atoms with van der Waals surface area (Å²) in [6.45, 7) is 2.34. The summed E-state index contributed by atoms with van der Waals surface area (Å²) in [7, 11) is 0. The average molecular weight is 654 g/mol. The van der Waals surface area contributed by atoms with Crippen LogP contribution in [0.25, 0.3) is 22.0 Å². The maximum atomic E-state index is 5.67. The Morgan fingerprint density at radius 2 is 1.31 bits per heavy atom. The van der Waals surface area contributed by atoms with Gasteiger partial charge in [-0.15, -0.1) is 0 Å². The standard InChI is InChI=1S/C50H39N/c1-35-30-31-46-40(32-35)33-39-19-9-12-27-45(39)50(46,41-22-6-3-7-23-41)47-28-13-11-25-44(47)48-29-15-21-38(36-16-4-2-5-17-36)34-49(51-48)43-26-14-20-37-18-8-10-24-42(37)43/h2-31,34-35H,32-33H2,1H3/b21-15?,29-15+,38-21-,38-34?,48-29?,49-34-,51-48+,51-49?. The summed E-state index contributed by atoms with van der Waals surface area (Å²) in [5.41, 5.74) is 14.2. The van der Waals surface area contributed by atoms with Gasteiger partial charge in [0, 0.05) is 11.1 Å². The summed E-state index contributed by atoms with van der Waals surface area (Å²) >= 11 is 0. The molecular formula is C50H39N. The third-order valence-corrected chi connectivity index (χ3v) is 10.8. The van der Waals surface area contributed by atoms with Gasteiger partial charge >= 0.3 is 0 Å². The van der Waals surface area contributed by atoms with E-state index in [0.717, 1.165) is 41.0 Å². The van der Waals surface area contributed by atoms with Crippen LogP contribution in [0.3, 0.4) is 0 Å². The monoisotopic (exact) mass is 653 g/mol. The van der Waals surface area contributed by atoms with Gasteiger partial charge in [0.2, 0.25) is 0 Å². The lowest BCUT2D eigenvalue weighted by molar-refractivity contribution is 0.619. The highest BCUT2D eigenvalue weighted by molar-refractivity contribution is 6.14. The molecule has 1 heteroatoms. The zero-order chi connectivity index (χ0) is 34.2. The highest BCUT2D eigenvalue weighted by atomic mass is 14.8. The van der Waals surface area contributed by atoms with Gasteiger partial charge in [-0.3, -0.25) is 0 Å². The van der Waals surface area contributed by atoms with Crippen LogP contribution in [0.1, 0.15) is 52.3 Å². The van der Waals surface area contributed by atoms with Crippen molar-refractivity contribution < 1.29 is 0 Å². The first-order chi connectivity index (χ1) is 25.2. The molecule has 1 aliphatic heterocycles. The van der Waals surface area contributed by atoms with Gasteiger partial charge in [-0.25, -0.2) is 4.99 Å². The molecule has 3 aliphatic rings. The second-order valence-electron chi connectivity index (χ2n) is 14.0. The van der Waals surface area contributed by atoms with Gasteiger partial charge in [0.1, 0.15) is 0 Å². The molecule has 2 atom stereocenters. The smallest absolute Gasteiger partial charge is 0.0721 e. The Hall–Kier alpha value is -6.05. The van der Waals surface area contributed by atoms with Crippen LogP contribution in [0, 0.1) is 5.92 Å². The highest BCUT2D eigenvalue weighted by Gasteiger charge is 2.46. The third kappa shape index (κ3) is 5.38. The number of benzene rings is 6. The molecule has 6 aromatic rings. The number of rotatable bonds is 5. The lowest BCUT2D eigenvalue weighted by Crippen LogP contribution is -2.38. The molecule has 244 valence electrons. The van der Waals surface area contributed by atoms with E-state index < -0.39 is 5.41 Å². The molecule has 6 aromatic carbocycles. The van der Waals surface area contributed by atoms with Gasteiger partial charge in [-0.2, -0.15) is 0 Å². The molecule has 2 unspecified atom stereocenters. The lowest BCUT2D eigenvalue weighted by atomic mass is 9.57. The largest absolute Gasteiger partial charge is 0.248 e. The van der Waals surface area contributed by atoms with Crippen LogP contribution in [0.15, 0.2) is 204 Å². The molecular weight excluding hydrogens is 615 g/mol. The SMILES string of the molecule is CC1C=CC2=C(Cc3ccccc3C2(c2ccccc2)c2ccccc2C2=N/C(c3cccc4ccccc34)=C\C(c3ccccc3)=C\C=C\2)C1. The molecule has 0 saturated heterocycles. The van der Waals surface area contributed by atoms with E-state index in [-0.39, 0.29) is 0 Å². The minimum absolute atomic E-state index is 0.508. The van der Waals surface area contributed by atoms with E-state index >= 15 is 0 Å². The van der Waals surface area contributed by atoms with E-state index in [2.05, 4.69) is 195 Å². The Morgan fingerprint density at radius 1 is 0.627 bits per heavy atom. The number of hydrogen-bond acceptors (Lipinski definition) is 1. The van der Waals surface area contributed by atoms with Gasteiger partial charge in [-0.1, -0.05) is 188 Å². The zero-order valence-corrected chi connectivity index (χ0v) is 28.8. The van der Waals surface area contributed by atoms with E-state index in [4.69, 9.17) is 4.99 Å². The fourth-order valence-corrected chi connectivity index (χ4v) is 8.58. The van der Waals surface area contributed by atoms with Crippen molar-refractivity contribution in [2.75, 3.05) is 0 Å². The molecule has 0 N–H and O–H groups in total. The second-order valence-corrected chi connectivity index (χ2v) is 14.0. The molecule has 1 heterocycles. The molecule has 51 heavy (non-hydrogen) atoms. The minimum Gasteiger partial charge on any atom is -0.248 e. The average Bonchev–Trinajstić information content (AvgIpc) is 3.17. The van der Waals surface area contributed by atoms with Crippen molar-refractivity contribution in [1.29, 1.82) is 0 Å². The molecule has 9 rings (SSSR count). The summed E-state index contributed by atoms with van der Waals surface area (Å²) in [6.07, 6.45) is 15.8. The second kappa shape index (κ2) is 13.0. The fraction of sp³-hybridized carbons (Fsp3) is 0.100. The van der Waals surface area contributed by atoms with Crippen LogP contribution in [-0.4, -0.2) is 5.71 Å². The van der Waals surface area contributed by atoms with Crippen molar-refractivity contribution in [1.82, 2.24) is 0 Å². The Bertz CT molecular complexity index is 2460. The normalized spacial score (nSPS) is 23.4. The highest BCUT2D eigenvalue weighted by Crippen LogP contribution is 2.54. The molecule has 2 aliphatic carbocycles. The van der Waals surface area contributed by atoms with Crippen molar-refractivity contribution in [3.63, 3.8) is 0 Å². The number of hydrogen-bond donors (Lipinski definition) is 0. The maximum Gasteiger partial charge on any atom is 0.0721 e. The molecule has 0 bridgehead atoms. The summed E-state index contributed by atoms with van der Waals surface area (Å²) in [6, 6.07) is 55.1. The van der Waals surface area contributed by atoms with Crippen LogP contribution in [0.5, 0.6) is 0 Å². The van der Waals surface area contributed by atoms with Crippen molar-refractivity contribution >= 4 is 27.8 Å². The molecule has 0 spiro atoms. The number of nitrogens with zero attached hydrogens (tertiary/aromatic N) is 1. The summed E-state index contributed by atoms with van der Waals surface area (Å²) < 4.78 is 0. The van der Waals surface area contributed by atoms with Crippen LogP contribution in [-0.2, 0) is 11.8 Å². The predicted octanol–water partition coefficient (Wildman–Crippen LogP) is 12.1. The summed E-state index contributed by atoms with van der Waals surface area (Å²) in [5.74, 6) is 0.509. The number of allylic oxidation sites excluding steroid dienone is 9. The first-order valence-corrected chi connectivity index (χ1v) is 18.1. The minimum atomic E-state index is -0.508. The molecule has 0 saturated carbocycles. The molecule has 0 amide bonds. The molecule has 1 nitrogen and oxygen atoms in total. The van der Waals surface area contributed by atoms with Gasteiger partial charge < -0.3 is 0 Å². The quantitative estimate of drug-likeness (QED) is 0.176. The maximum absolute atomic E-state index is 5.67.